The normalized spacial score (nSPS) is 15.6. The van der Waals surface area contributed by atoms with Crippen molar-refractivity contribution in [2.75, 3.05) is 19.6 Å². The molecule has 1 aromatic carbocycles. The number of hydrogen-bond acceptors (Lipinski definition) is 3. The Labute approximate surface area is 132 Å². The smallest absolute Gasteiger partial charge is 0.261 e. The second-order valence-electron chi connectivity index (χ2n) is 5.02. The Morgan fingerprint density at radius 2 is 1.90 bits per heavy atom. The van der Waals surface area contributed by atoms with Gasteiger partial charge in [-0.1, -0.05) is 15.9 Å². The number of hydrogen-bond donors (Lipinski definition) is 1. The van der Waals surface area contributed by atoms with E-state index in [1.165, 1.54) is 0 Å². The molecule has 2 rings (SSSR count). The fourth-order valence-electron chi connectivity index (χ4n) is 2.16. The van der Waals surface area contributed by atoms with Crippen molar-refractivity contribution < 1.29 is 14.3 Å². The lowest BCUT2D eigenvalue weighted by atomic mass is 10.3. The zero-order valence-electron chi connectivity index (χ0n) is 12.0. The molecule has 1 aliphatic heterocycles. The average molecular weight is 355 g/mol. The van der Waals surface area contributed by atoms with Gasteiger partial charge in [0.2, 0.25) is 5.91 Å². The molecule has 1 heterocycles. The van der Waals surface area contributed by atoms with E-state index in [0.29, 0.717) is 5.75 Å². The molecular formula is C15H19BrN2O3. The molecule has 0 spiro atoms. The number of ether oxygens (including phenoxy) is 1. The number of nitrogens with zero attached hydrogens (tertiary/aromatic N) is 1. The number of halogens is 1. The summed E-state index contributed by atoms with van der Waals surface area (Å²) in [6.45, 7) is 3.28. The Hall–Kier alpha value is -1.56. The largest absolute Gasteiger partial charge is 0.481 e. The summed E-state index contributed by atoms with van der Waals surface area (Å²) in [6, 6.07) is 7.25. The van der Waals surface area contributed by atoms with Crippen molar-refractivity contribution in [3.63, 3.8) is 0 Å². The first-order valence-corrected chi connectivity index (χ1v) is 7.83. The highest BCUT2D eigenvalue weighted by Gasteiger charge is 2.20. The van der Waals surface area contributed by atoms with Gasteiger partial charge in [0.15, 0.2) is 6.10 Å². The van der Waals surface area contributed by atoms with Gasteiger partial charge in [0.25, 0.3) is 5.91 Å². The fraction of sp³-hybridized carbons (Fsp3) is 0.467. The number of amides is 2. The minimum atomic E-state index is -0.641. The molecule has 6 heteroatoms. The van der Waals surface area contributed by atoms with E-state index in [9.17, 15) is 9.59 Å². The number of nitrogens with one attached hydrogen (secondary N) is 1. The molecule has 114 valence electrons. The molecule has 0 bridgehead atoms. The molecule has 2 amide bonds. The van der Waals surface area contributed by atoms with Crippen LogP contribution in [0.1, 0.15) is 19.8 Å². The van der Waals surface area contributed by atoms with Crippen LogP contribution < -0.4 is 10.1 Å². The number of rotatable bonds is 5. The van der Waals surface area contributed by atoms with Crippen LogP contribution in [0.4, 0.5) is 0 Å². The highest BCUT2D eigenvalue weighted by Crippen LogP contribution is 2.17. The maximum atomic E-state index is 11.9. The first-order chi connectivity index (χ1) is 10.1. The summed E-state index contributed by atoms with van der Waals surface area (Å²) in [5, 5.41) is 2.63. The molecule has 1 unspecified atom stereocenters. The molecular weight excluding hydrogens is 336 g/mol. The van der Waals surface area contributed by atoms with Crippen LogP contribution in [0.5, 0.6) is 5.75 Å². The molecule has 1 fully saturated rings. The van der Waals surface area contributed by atoms with Crippen molar-refractivity contribution in [1.29, 1.82) is 0 Å². The van der Waals surface area contributed by atoms with Crippen LogP contribution in [0.15, 0.2) is 28.7 Å². The Bertz CT molecular complexity index is 498. The van der Waals surface area contributed by atoms with Crippen LogP contribution in [0, 0.1) is 0 Å². The van der Waals surface area contributed by atoms with Gasteiger partial charge in [-0.3, -0.25) is 9.59 Å². The Morgan fingerprint density at radius 1 is 1.29 bits per heavy atom. The van der Waals surface area contributed by atoms with Gasteiger partial charge >= 0.3 is 0 Å². The second-order valence-corrected chi connectivity index (χ2v) is 5.94. The van der Waals surface area contributed by atoms with Crippen molar-refractivity contribution in [1.82, 2.24) is 10.2 Å². The first kappa shape index (κ1) is 15.8. The summed E-state index contributed by atoms with van der Waals surface area (Å²) < 4.78 is 6.48. The summed E-state index contributed by atoms with van der Waals surface area (Å²) >= 11 is 3.34. The molecule has 0 saturated carbocycles. The standard InChI is InChI=1S/C15H19BrN2O3/c1-11(21-13-6-4-12(16)5-7-13)15(20)17-10-14(19)18-8-2-3-9-18/h4-7,11H,2-3,8-10H2,1H3,(H,17,20). The quantitative estimate of drug-likeness (QED) is 0.879. The van der Waals surface area contributed by atoms with Gasteiger partial charge in [-0.05, 0) is 44.0 Å². The highest BCUT2D eigenvalue weighted by atomic mass is 79.9. The number of likely N-dealkylation sites (tertiary alicyclic amines) is 1. The molecule has 1 saturated heterocycles. The van der Waals surface area contributed by atoms with Gasteiger partial charge in [0, 0.05) is 17.6 Å². The molecule has 5 nitrogen and oxygen atoms in total. The van der Waals surface area contributed by atoms with Gasteiger partial charge in [0.05, 0.1) is 6.54 Å². The Morgan fingerprint density at radius 3 is 2.52 bits per heavy atom. The van der Waals surface area contributed by atoms with Crippen LogP contribution in [0.3, 0.4) is 0 Å². The maximum absolute atomic E-state index is 11.9. The lowest BCUT2D eigenvalue weighted by Gasteiger charge is -2.17. The molecule has 0 aromatic heterocycles. The maximum Gasteiger partial charge on any atom is 0.261 e. The van der Waals surface area contributed by atoms with Gasteiger partial charge in [0.1, 0.15) is 5.75 Å². The third-order valence-corrected chi connectivity index (χ3v) is 3.90. The molecule has 0 aliphatic carbocycles. The van der Waals surface area contributed by atoms with Crippen LogP contribution in [-0.4, -0.2) is 42.5 Å². The van der Waals surface area contributed by atoms with E-state index < -0.39 is 6.10 Å². The van der Waals surface area contributed by atoms with Gasteiger partial charge in [-0.2, -0.15) is 0 Å². The third-order valence-electron chi connectivity index (χ3n) is 3.37. The SMILES string of the molecule is CC(Oc1ccc(Br)cc1)C(=O)NCC(=O)N1CCCC1. The summed E-state index contributed by atoms with van der Waals surface area (Å²) in [5.41, 5.74) is 0. The summed E-state index contributed by atoms with van der Waals surface area (Å²) in [4.78, 5) is 25.5. The molecule has 1 aromatic rings. The zero-order chi connectivity index (χ0) is 15.2. The summed E-state index contributed by atoms with van der Waals surface area (Å²) in [5.74, 6) is 0.300. The topological polar surface area (TPSA) is 58.6 Å². The molecule has 1 atom stereocenters. The summed E-state index contributed by atoms with van der Waals surface area (Å²) in [6.07, 6.45) is 1.45. The Kier molecular flexibility index (Phi) is 5.61. The second kappa shape index (κ2) is 7.45. The van der Waals surface area contributed by atoms with Crippen LogP contribution >= 0.6 is 15.9 Å². The Balaban J connectivity index is 1.76. The van der Waals surface area contributed by atoms with E-state index in [1.807, 2.05) is 12.1 Å². The fourth-order valence-corrected chi connectivity index (χ4v) is 2.42. The first-order valence-electron chi connectivity index (χ1n) is 7.04. The predicted molar refractivity (Wildman–Crippen MR) is 83.1 cm³/mol. The van der Waals surface area contributed by atoms with Crippen molar-refractivity contribution >= 4 is 27.7 Å². The summed E-state index contributed by atoms with van der Waals surface area (Å²) in [7, 11) is 0. The highest BCUT2D eigenvalue weighted by molar-refractivity contribution is 9.10. The van der Waals surface area contributed by atoms with Crippen LogP contribution in [0.25, 0.3) is 0 Å². The van der Waals surface area contributed by atoms with E-state index in [2.05, 4.69) is 21.2 Å². The monoisotopic (exact) mass is 354 g/mol. The van der Waals surface area contributed by atoms with Crippen molar-refractivity contribution in [2.45, 2.75) is 25.9 Å². The predicted octanol–water partition coefficient (Wildman–Crippen LogP) is 1.95. The molecule has 0 radical (unpaired) electrons. The van der Waals surface area contributed by atoms with Crippen LogP contribution in [-0.2, 0) is 9.59 Å². The minimum absolute atomic E-state index is 0.0308. The number of benzene rings is 1. The lowest BCUT2D eigenvalue weighted by molar-refractivity contribution is -0.134. The van der Waals surface area contributed by atoms with Crippen molar-refractivity contribution in [2.24, 2.45) is 0 Å². The average Bonchev–Trinajstić information content (AvgIpc) is 3.01. The van der Waals surface area contributed by atoms with Gasteiger partial charge in [-0.25, -0.2) is 0 Å². The van der Waals surface area contributed by atoms with Crippen molar-refractivity contribution in [3.05, 3.63) is 28.7 Å². The molecule has 1 N–H and O–H groups in total. The van der Waals surface area contributed by atoms with Crippen molar-refractivity contribution in [3.8, 4) is 5.75 Å². The minimum Gasteiger partial charge on any atom is -0.481 e. The van der Waals surface area contributed by atoms with E-state index >= 15 is 0 Å². The zero-order valence-corrected chi connectivity index (χ0v) is 13.6. The number of carbonyl (C=O) groups excluding carboxylic acids is 2. The molecule has 1 aliphatic rings. The molecule has 21 heavy (non-hydrogen) atoms. The van der Waals surface area contributed by atoms with Gasteiger partial charge < -0.3 is 15.0 Å². The number of carbonyl (C=O) groups is 2. The van der Waals surface area contributed by atoms with E-state index in [0.717, 1.165) is 30.4 Å². The van der Waals surface area contributed by atoms with Gasteiger partial charge in [-0.15, -0.1) is 0 Å². The van der Waals surface area contributed by atoms with E-state index in [4.69, 9.17) is 4.74 Å². The van der Waals surface area contributed by atoms with E-state index in [1.54, 1.807) is 24.0 Å². The van der Waals surface area contributed by atoms with Crippen LogP contribution in [0.2, 0.25) is 0 Å². The third kappa shape index (κ3) is 4.74. The lowest BCUT2D eigenvalue weighted by Crippen LogP contribution is -2.43. The van der Waals surface area contributed by atoms with E-state index in [-0.39, 0.29) is 18.4 Å².